The van der Waals surface area contributed by atoms with Crippen molar-refractivity contribution in [1.82, 2.24) is 0 Å². The predicted molar refractivity (Wildman–Crippen MR) is 88.1 cm³/mol. The minimum Gasteiger partial charge on any atom is -0.481 e. The third-order valence-electron chi connectivity index (χ3n) is 4.04. The van der Waals surface area contributed by atoms with E-state index in [-0.39, 0.29) is 0 Å². The van der Waals surface area contributed by atoms with Crippen LogP contribution in [0.2, 0.25) is 0 Å². The summed E-state index contributed by atoms with van der Waals surface area (Å²) < 4.78 is 40.9. The van der Waals surface area contributed by atoms with Gasteiger partial charge in [0.1, 0.15) is 12.4 Å². The van der Waals surface area contributed by atoms with Gasteiger partial charge in [0, 0.05) is 12.2 Å². The molecule has 4 rings (SSSR count). The lowest BCUT2D eigenvalue weighted by Gasteiger charge is -2.22. The maximum absolute atomic E-state index is 11.8. The highest BCUT2D eigenvalue weighted by atomic mass is 19.4. The van der Waals surface area contributed by atoms with E-state index in [1.54, 1.807) is 6.07 Å². The Hall–Kier alpha value is -2.61. The van der Waals surface area contributed by atoms with Crippen LogP contribution in [0.5, 0.6) is 5.75 Å². The molecule has 0 saturated heterocycles. The molecule has 1 aromatic carbocycles. The van der Waals surface area contributed by atoms with Gasteiger partial charge in [0.25, 0.3) is 0 Å². The van der Waals surface area contributed by atoms with Gasteiger partial charge in [-0.25, -0.2) is 0 Å². The van der Waals surface area contributed by atoms with Gasteiger partial charge in [0.05, 0.1) is 5.56 Å². The molecule has 1 aromatic rings. The largest absolute Gasteiger partial charge is 0.481 e. The van der Waals surface area contributed by atoms with Crippen LogP contribution in [0.1, 0.15) is 16.7 Å². The molecule has 0 amide bonds. The Labute approximate surface area is 138 Å². The summed E-state index contributed by atoms with van der Waals surface area (Å²) in [6.07, 6.45) is 2.06. The van der Waals surface area contributed by atoms with Crippen LogP contribution in [-0.4, -0.2) is 13.2 Å². The number of anilines is 1. The molecular weight excluding hydrogens is 315 g/mol. The fourth-order valence-corrected chi connectivity index (χ4v) is 2.83. The molecule has 0 bridgehead atoms. The maximum atomic E-state index is 11.8. The van der Waals surface area contributed by atoms with Crippen LogP contribution in [-0.2, 0) is 12.6 Å². The molecule has 0 radical (unpaired) electrons. The minimum atomic E-state index is -4.15. The van der Waals surface area contributed by atoms with Gasteiger partial charge in [-0.15, -0.1) is 6.42 Å². The number of fused-ring (bicyclic) bond motifs is 2. The van der Waals surface area contributed by atoms with Crippen molar-refractivity contribution < 1.29 is 17.9 Å². The molecule has 5 heteroatoms. The van der Waals surface area contributed by atoms with E-state index < -0.39 is 11.7 Å². The van der Waals surface area contributed by atoms with E-state index in [0.717, 1.165) is 30.3 Å². The molecule has 0 fully saturated rings. The number of rotatable bonds is 2. The Morgan fingerprint density at radius 3 is 2.54 bits per heavy atom. The lowest BCUT2D eigenvalue weighted by atomic mass is 9.86. The van der Waals surface area contributed by atoms with Crippen molar-refractivity contribution in [2.75, 3.05) is 18.5 Å². The van der Waals surface area contributed by atoms with E-state index in [1.165, 1.54) is 22.9 Å². The molecule has 0 atom stereocenters. The fraction of sp³-hybridized carbons (Fsp3) is 0.263. The van der Waals surface area contributed by atoms with Crippen molar-refractivity contribution in [1.29, 1.82) is 0 Å². The number of hydrogen-bond donors (Lipinski definition) is 1. The lowest BCUT2D eigenvalue weighted by Crippen LogP contribution is -2.12. The third kappa shape index (κ3) is 3.05. The van der Waals surface area contributed by atoms with Crippen LogP contribution in [0.25, 0.3) is 11.1 Å². The molecule has 1 N–H and O–H groups in total. The quantitative estimate of drug-likeness (QED) is 0.690. The van der Waals surface area contributed by atoms with Crippen molar-refractivity contribution in [3.8, 4) is 29.2 Å². The van der Waals surface area contributed by atoms with Crippen molar-refractivity contribution >= 4 is 5.69 Å². The Morgan fingerprint density at radius 2 is 2.04 bits per heavy atom. The number of alkyl halides is 3. The number of aryl methyl sites for hydroxylation is 1. The van der Waals surface area contributed by atoms with E-state index >= 15 is 0 Å². The number of terminal acetylenes is 1. The predicted octanol–water partition coefficient (Wildman–Crippen LogP) is 4.66. The summed E-state index contributed by atoms with van der Waals surface area (Å²) in [5, 5.41) is 3.36. The topological polar surface area (TPSA) is 21.3 Å². The van der Waals surface area contributed by atoms with Crippen molar-refractivity contribution in [2.45, 2.75) is 19.5 Å². The van der Waals surface area contributed by atoms with E-state index in [0.29, 0.717) is 12.2 Å². The Kier molecular flexibility index (Phi) is 4.15. The summed E-state index contributed by atoms with van der Waals surface area (Å²) in [6, 6.07) is 8.41. The molecular formula is C19H16F3NO. The van der Waals surface area contributed by atoms with Gasteiger partial charge in [0.2, 0.25) is 0 Å². The van der Waals surface area contributed by atoms with Gasteiger partial charge >= 0.3 is 6.18 Å². The molecule has 0 aromatic heterocycles. The van der Waals surface area contributed by atoms with Crippen LogP contribution in [0.3, 0.4) is 0 Å². The van der Waals surface area contributed by atoms with Crippen LogP contribution in [0.4, 0.5) is 18.9 Å². The van der Waals surface area contributed by atoms with E-state index in [2.05, 4.69) is 24.2 Å². The van der Waals surface area contributed by atoms with E-state index in [4.69, 9.17) is 11.2 Å². The van der Waals surface area contributed by atoms with Crippen molar-refractivity contribution in [3.63, 3.8) is 0 Å². The first-order chi connectivity index (χ1) is 11.4. The first-order valence-corrected chi connectivity index (χ1v) is 7.55. The Morgan fingerprint density at radius 1 is 1.25 bits per heavy atom. The van der Waals surface area contributed by atoms with E-state index in [1.807, 2.05) is 6.07 Å². The summed E-state index contributed by atoms with van der Waals surface area (Å²) in [5.74, 6) is 3.34. The molecule has 124 valence electrons. The summed E-state index contributed by atoms with van der Waals surface area (Å²) in [5.41, 5.74) is 4.44. The monoisotopic (exact) mass is 331 g/mol. The second kappa shape index (κ2) is 6.12. The number of nitrogens with one attached hydrogen (secondary N) is 1. The van der Waals surface area contributed by atoms with Crippen molar-refractivity contribution in [3.05, 3.63) is 47.0 Å². The number of ether oxygens (including phenoxy) is 1. The highest BCUT2D eigenvalue weighted by Gasteiger charge is 2.38. The van der Waals surface area contributed by atoms with Gasteiger partial charge in [-0.3, -0.25) is 0 Å². The molecule has 1 heterocycles. The molecule has 0 saturated carbocycles. The Balaban J connectivity index is 0.000000149. The first kappa shape index (κ1) is 16.3. The van der Waals surface area contributed by atoms with Crippen molar-refractivity contribution in [2.24, 2.45) is 0 Å². The van der Waals surface area contributed by atoms with Gasteiger partial charge in [-0.1, -0.05) is 18.1 Å². The smallest absolute Gasteiger partial charge is 0.417 e. The summed E-state index contributed by atoms with van der Waals surface area (Å²) in [6.45, 7) is 3.44. The molecule has 1 aliphatic heterocycles. The average Bonchev–Trinajstić information content (AvgIpc) is 2.96. The highest BCUT2D eigenvalue weighted by molar-refractivity contribution is 5.81. The molecule has 0 spiro atoms. The molecule has 0 unspecified atom stereocenters. The van der Waals surface area contributed by atoms with Gasteiger partial charge in [0.15, 0.2) is 0 Å². The van der Waals surface area contributed by atoms with Gasteiger partial charge in [-0.05, 0) is 53.8 Å². The van der Waals surface area contributed by atoms with Crippen LogP contribution in [0, 0.1) is 19.3 Å². The molecule has 2 nitrogen and oxygen atoms in total. The normalized spacial score (nSPS) is 13.1. The minimum absolute atomic E-state index is 0.339. The summed E-state index contributed by atoms with van der Waals surface area (Å²) in [7, 11) is 0. The zero-order valence-electron chi connectivity index (χ0n) is 13.1. The zero-order chi connectivity index (χ0) is 17.3. The average molecular weight is 331 g/mol. The summed E-state index contributed by atoms with van der Waals surface area (Å²) in [4.78, 5) is 0. The first-order valence-electron chi connectivity index (χ1n) is 7.55. The SMILES string of the molecule is C#CCOc1cc(C)c2c(c1)CCN2.FC(F)(F)c1cc2ccc1-2. The van der Waals surface area contributed by atoms with Crippen LogP contribution in [0.15, 0.2) is 30.3 Å². The Bertz CT molecular complexity index is 819. The molecule has 2 aliphatic carbocycles. The molecule has 24 heavy (non-hydrogen) atoms. The standard InChI is InChI=1S/C12H13NO.C7H3F3/c1-3-6-14-11-7-9(2)12-10(8-11)4-5-13-12;8-7(9,10)6-3-4-1-2-5(4)6/h1,7-8,13H,4-6H2,2H3;1-3H. The highest BCUT2D eigenvalue weighted by Crippen LogP contribution is 2.45. The summed E-state index contributed by atoms with van der Waals surface area (Å²) >= 11 is 0. The number of halogens is 3. The van der Waals surface area contributed by atoms with E-state index in [9.17, 15) is 13.2 Å². The number of benzene rings is 2. The third-order valence-corrected chi connectivity index (χ3v) is 4.04. The second-order valence-corrected chi connectivity index (χ2v) is 5.70. The van der Waals surface area contributed by atoms with Crippen LogP contribution < -0.4 is 10.1 Å². The lowest BCUT2D eigenvalue weighted by molar-refractivity contribution is -0.137. The van der Waals surface area contributed by atoms with Crippen LogP contribution >= 0.6 is 0 Å². The second-order valence-electron chi connectivity index (χ2n) is 5.70. The molecule has 3 aliphatic rings. The zero-order valence-corrected chi connectivity index (χ0v) is 13.1. The van der Waals surface area contributed by atoms with Gasteiger partial charge < -0.3 is 10.1 Å². The van der Waals surface area contributed by atoms with Gasteiger partial charge in [-0.2, -0.15) is 13.2 Å². The maximum Gasteiger partial charge on any atom is 0.417 e. The number of hydrogen-bond acceptors (Lipinski definition) is 2. The fourth-order valence-electron chi connectivity index (χ4n) is 2.83.